The summed E-state index contributed by atoms with van der Waals surface area (Å²) in [6.07, 6.45) is 0. The Hall–Kier alpha value is -0.680. The topological polar surface area (TPSA) is 29.3 Å². The molecule has 1 atom stereocenters. The van der Waals surface area contributed by atoms with Crippen molar-refractivity contribution in [2.75, 3.05) is 20.1 Å². The Bertz CT molecular complexity index is 498. The van der Waals surface area contributed by atoms with Crippen LogP contribution in [0.15, 0.2) is 45.6 Å². The Morgan fingerprint density at radius 2 is 2.05 bits per heavy atom. The van der Waals surface area contributed by atoms with Gasteiger partial charge in [-0.3, -0.25) is 0 Å². The SMILES string of the molecule is CN(Cc1csc(Br)c1)CC(CN)c1ccccc1. The number of rotatable bonds is 6. The van der Waals surface area contributed by atoms with Crippen LogP contribution in [0.2, 0.25) is 0 Å². The van der Waals surface area contributed by atoms with Crippen molar-refractivity contribution in [1.29, 1.82) is 0 Å². The zero-order valence-corrected chi connectivity index (χ0v) is 13.5. The molecule has 102 valence electrons. The van der Waals surface area contributed by atoms with Gasteiger partial charge in [-0.2, -0.15) is 0 Å². The molecule has 2 aromatic rings. The number of nitrogens with zero attached hydrogens (tertiary/aromatic N) is 1. The predicted molar refractivity (Wildman–Crippen MR) is 86.6 cm³/mol. The van der Waals surface area contributed by atoms with E-state index in [0.29, 0.717) is 12.5 Å². The fourth-order valence-corrected chi connectivity index (χ4v) is 3.42. The van der Waals surface area contributed by atoms with Gasteiger partial charge in [0.15, 0.2) is 0 Å². The number of benzene rings is 1. The molecule has 0 saturated heterocycles. The zero-order chi connectivity index (χ0) is 13.7. The lowest BCUT2D eigenvalue weighted by atomic mass is 9.99. The third kappa shape index (κ3) is 4.42. The van der Waals surface area contributed by atoms with Crippen LogP contribution in [-0.2, 0) is 6.54 Å². The molecule has 0 bridgehead atoms. The lowest BCUT2D eigenvalue weighted by Crippen LogP contribution is -2.28. The van der Waals surface area contributed by atoms with E-state index in [2.05, 4.69) is 63.6 Å². The molecule has 1 aromatic carbocycles. The molecule has 0 aliphatic heterocycles. The largest absolute Gasteiger partial charge is 0.330 e. The van der Waals surface area contributed by atoms with Crippen molar-refractivity contribution in [1.82, 2.24) is 4.90 Å². The minimum absolute atomic E-state index is 0.397. The molecule has 0 aliphatic rings. The smallest absolute Gasteiger partial charge is 0.0701 e. The van der Waals surface area contributed by atoms with Crippen molar-refractivity contribution in [3.8, 4) is 0 Å². The number of halogens is 1. The number of hydrogen-bond donors (Lipinski definition) is 1. The molecule has 2 N–H and O–H groups in total. The van der Waals surface area contributed by atoms with E-state index in [0.717, 1.165) is 13.1 Å². The molecule has 0 aliphatic carbocycles. The second kappa shape index (κ2) is 7.20. The van der Waals surface area contributed by atoms with Crippen LogP contribution in [-0.4, -0.2) is 25.0 Å². The Balaban J connectivity index is 1.95. The molecule has 0 amide bonds. The van der Waals surface area contributed by atoms with Crippen molar-refractivity contribution in [3.05, 3.63) is 56.7 Å². The average Bonchev–Trinajstić information content (AvgIpc) is 2.82. The molecule has 1 heterocycles. The normalized spacial score (nSPS) is 12.8. The zero-order valence-electron chi connectivity index (χ0n) is 11.1. The molecule has 2 nitrogen and oxygen atoms in total. The number of likely N-dealkylation sites (N-methyl/N-ethyl adjacent to an activating group) is 1. The van der Waals surface area contributed by atoms with E-state index in [1.807, 2.05) is 6.07 Å². The van der Waals surface area contributed by atoms with Crippen molar-refractivity contribution in [2.24, 2.45) is 5.73 Å². The molecule has 0 saturated carbocycles. The summed E-state index contributed by atoms with van der Waals surface area (Å²) in [5.74, 6) is 0.397. The first-order chi connectivity index (χ1) is 9.19. The van der Waals surface area contributed by atoms with Gasteiger partial charge in [0.2, 0.25) is 0 Å². The summed E-state index contributed by atoms with van der Waals surface area (Å²) < 4.78 is 1.19. The van der Waals surface area contributed by atoms with Crippen LogP contribution in [0.5, 0.6) is 0 Å². The molecule has 4 heteroatoms. The highest BCUT2D eigenvalue weighted by Crippen LogP contribution is 2.22. The van der Waals surface area contributed by atoms with Gasteiger partial charge in [0.25, 0.3) is 0 Å². The van der Waals surface area contributed by atoms with Crippen molar-refractivity contribution >= 4 is 27.3 Å². The Morgan fingerprint density at radius 3 is 2.63 bits per heavy atom. The summed E-state index contributed by atoms with van der Waals surface area (Å²) in [4.78, 5) is 2.33. The van der Waals surface area contributed by atoms with Gasteiger partial charge in [-0.1, -0.05) is 30.3 Å². The maximum atomic E-state index is 5.92. The van der Waals surface area contributed by atoms with E-state index in [4.69, 9.17) is 5.73 Å². The van der Waals surface area contributed by atoms with Gasteiger partial charge >= 0.3 is 0 Å². The Kier molecular flexibility index (Phi) is 5.58. The molecule has 0 spiro atoms. The lowest BCUT2D eigenvalue weighted by molar-refractivity contribution is 0.305. The van der Waals surface area contributed by atoms with Crippen LogP contribution in [0, 0.1) is 0 Å². The van der Waals surface area contributed by atoms with E-state index in [-0.39, 0.29) is 0 Å². The predicted octanol–water partition coefficient (Wildman–Crippen LogP) is 3.68. The third-order valence-corrected chi connectivity index (χ3v) is 4.72. The van der Waals surface area contributed by atoms with Gasteiger partial charge in [0, 0.05) is 25.6 Å². The van der Waals surface area contributed by atoms with Gasteiger partial charge in [0.05, 0.1) is 3.79 Å². The summed E-state index contributed by atoms with van der Waals surface area (Å²) in [5, 5.41) is 2.19. The average molecular weight is 339 g/mol. The van der Waals surface area contributed by atoms with Crippen LogP contribution >= 0.6 is 27.3 Å². The van der Waals surface area contributed by atoms with Crippen molar-refractivity contribution < 1.29 is 0 Å². The summed E-state index contributed by atoms with van der Waals surface area (Å²) in [6, 6.07) is 12.7. The first-order valence-corrected chi connectivity index (χ1v) is 8.02. The molecule has 1 unspecified atom stereocenters. The second-order valence-electron chi connectivity index (χ2n) is 4.80. The molecule has 0 radical (unpaired) electrons. The summed E-state index contributed by atoms with van der Waals surface area (Å²) in [7, 11) is 2.15. The molecular formula is C15H19BrN2S. The van der Waals surface area contributed by atoms with Gasteiger partial charge in [-0.15, -0.1) is 11.3 Å². The fraction of sp³-hybridized carbons (Fsp3) is 0.333. The van der Waals surface area contributed by atoms with Gasteiger partial charge in [-0.25, -0.2) is 0 Å². The first-order valence-electron chi connectivity index (χ1n) is 6.35. The molecule has 19 heavy (non-hydrogen) atoms. The highest BCUT2D eigenvalue weighted by Gasteiger charge is 2.12. The monoisotopic (exact) mass is 338 g/mol. The quantitative estimate of drug-likeness (QED) is 0.870. The highest BCUT2D eigenvalue weighted by atomic mass is 79.9. The summed E-state index contributed by atoms with van der Waals surface area (Å²) in [5.41, 5.74) is 8.59. The van der Waals surface area contributed by atoms with Crippen LogP contribution < -0.4 is 5.73 Å². The van der Waals surface area contributed by atoms with E-state index < -0.39 is 0 Å². The van der Waals surface area contributed by atoms with E-state index in [1.54, 1.807) is 11.3 Å². The lowest BCUT2D eigenvalue weighted by Gasteiger charge is -2.23. The maximum absolute atomic E-state index is 5.92. The van der Waals surface area contributed by atoms with E-state index in [9.17, 15) is 0 Å². The van der Waals surface area contributed by atoms with E-state index in [1.165, 1.54) is 14.9 Å². The summed E-state index contributed by atoms with van der Waals surface area (Å²) in [6.45, 7) is 2.63. The molecular weight excluding hydrogens is 320 g/mol. The Morgan fingerprint density at radius 1 is 1.32 bits per heavy atom. The number of hydrogen-bond acceptors (Lipinski definition) is 3. The van der Waals surface area contributed by atoms with Gasteiger partial charge in [0.1, 0.15) is 0 Å². The van der Waals surface area contributed by atoms with E-state index >= 15 is 0 Å². The molecule has 1 aromatic heterocycles. The van der Waals surface area contributed by atoms with Crippen LogP contribution in [0.4, 0.5) is 0 Å². The van der Waals surface area contributed by atoms with Crippen LogP contribution in [0.25, 0.3) is 0 Å². The van der Waals surface area contributed by atoms with Crippen LogP contribution in [0.1, 0.15) is 17.0 Å². The van der Waals surface area contributed by atoms with Crippen molar-refractivity contribution in [2.45, 2.75) is 12.5 Å². The standard InChI is InChI=1S/C15H19BrN2S/c1-18(9-12-7-15(16)19-11-12)10-14(8-17)13-5-3-2-4-6-13/h2-7,11,14H,8-10,17H2,1H3. The number of nitrogens with two attached hydrogens (primary N) is 1. The summed E-state index contributed by atoms with van der Waals surface area (Å²) >= 11 is 5.24. The Labute approximate surface area is 127 Å². The molecule has 2 rings (SSSR count). The minimum atomic E-state index is 0.397. The van der Waals surface area contributed by atoms with Gasteiger partial charge in [-0.05, 0) is 45.6 Å². The number of thiophene rings is 1. The minimum Gasteiger partial charge on any atom is -0.330 e. The first kappa shape index (κ1) is 14.7. The van der Waals surface area contributed by atoms with Crippen LogP contribution in [0.3, 0.4) is 0 Å². The molecule has 0 fully saturated rings. The van der Waals surface area contributed by atoms with Crippen molar-refractivity contribution in [3.63, 3.8) is 0 Å². The fourth-order valence-electron chi connectivity index (χ4n) is 2.22. The maximum Gasteiger partial charge on any atom is 0.0701 e. The highest BCUT2D eigenvalue weighted by molar-refractivity contribution is 9.11. The van der Waals surface area contributed by atoms with Gasteiger partial charge < -0.3 is 10.6 Å². The third-order valence-electron chi connectivity index (χ3n) is 3.16. The second-order valence-corrected chi connectivity index (χ2v) is 7.09.